The van der Waals surface area contributed by atoms with E-state index in [2.05, 4.69) is 15.1 Å². The van der Waals surface area contributed by atoms with E-state index in [0.717, 1.165) is 36.6 Å². The van der Waals surface area contributed by atoms with E-state index in [9.17, 15) is 4.79 Å². The van der Waals surface area contributed by atoms with Crippen molar-refractivity contribution in [2.45, 2.75) is 13.0 Å². The quantitative estimate of drug-likeness (QED) is 0.693. The number of carbonyl (C=O) groups is 1. The van der Waals surface area contributed by atoms with Crippen LogP contribution in [-0.4, -0.2) is 52.1 Å². The molecule has 1 aliphatic rings. The molecule has 0 bridgehead atoms. The number of aromatic nitrogens is 2. The van der Waals surface area contributed by atoms with Crippen LogP contribution in [0.1, 0.15) is 27.0 Å². The lowest BCUT2D eigenvalue weighted by Crippen LogP contribution is -2.48. The third kappa shape index (κ3) is 4.00. The van der Waals surface area contributed by atoms with Crippen molar-refractivity contribution in [2.24, 2.45) is 0 Å². The molecule has 1 saturated heterocycles. The van der Waals surface area contributed by atoms with Gasteiger partial charge in [-0.1, -0.05) is 36.4 Å². The molecule has 3 heterocycles. The Balaban J connectivity index is 1.29. The molecule has 0 N–H and O–H groups in total. The number of thiophene rings is 1. The fourth-order valence-corrected chi connectivity index (χ4v) is 3.74. The van der Waals surface area contributed by atoms with Gasteiger partial charge in [0.1, 0.15) is 0 Å². The first kappa shape index (κ1) is 16.9. The Bertz CT molecular complexity index is 840. The first-order valence-electron chi connectivity index (χ1n) is 8.68. The van der Waals surface area contributed by atoms with Gasteiger partial charge in [-0.3, -0.25) is 9.69 Å². The second-order valence-electron chi connectivity index (χ2n) is 6.30. The highest BCUT2D eigenvalue weighted by molar-refractivity contribution is 7.12. The highest BCUT2D eigenvalue weighted by Crippen LogP contribution is 2.15. The molecule has 0 atom stereocenters. The van der Waals surface area contributed by atoms with Crippen molar-refractivity contribution in [1.82, 2.24) is 20.0 Å². The minimum Gasteiger partial charge on any atom is -0.424 e. The van der Waals surface area contributed by atoms with Gasteiger partial charge < -0.3 is 9.32 Å². The van der Waals surface area contributed by atoms with E-state index in [0.29, 0.717) is 24.7 Å². The molecule has 1 aliphatic heterocycles. The van der Waals surface area contributed by atoms with Crippen LogP contribution in [-0.2, 0) is 13.0 Å². The largest absolute Gasteiger partial charge is 0.424 e. The van der Waals surface area contributed by atoms with Crippen LogP contribution >= 0.6 is 11.3 Å². The van der Waals surface area contributed by atoms with Gasteiger partial charge in [0.25, 0.3) is 5.91 Å². The van der Waals surface area contributed by atoms with Gasteiger partial charge >= 0.3 is 0 Å². The Morgan fingerprint density at radius 3 is 2.50 bits per heavy atom. The maximum absolute atomic E-state index is 12.4. The zero-order chi connectivity index (χ0) is 17.8. The number of piperazine rings is 1. The molecule has 0 saturated carbocycles. The summed E-state index contributed by atoms with van der Waals surface area (Å²) in [5.41, 5.74) is 1.16. The van der Waals surface area contributed by atoms with Gasteiger partial charge in [-0.05, 0) is 17.0 Å². The molecule has 1 aromatic carbocycles. The molecule has 0 aliphatic carbocycles. The Hall–Kier alpha value is -2.51. The van der Waals surface area contributed by atoms with Crippen molar-refractivity contribution in [2.75, 3.05) is 26.2 Å². The predicted octanol–water partition coefficient (Wildman–Crippen LogP) is 2.68. The van der Waals surface area contributed by atoms with Crippen molar-refractivity contribution in [1.29, 1.82) is 0 Å². The van der Waals surface area contributed by atoms with Crippen molar-refractivity contribution < 1.29 is 9.21 Å². The summed E-state index contributed by atoms with van der Waals surface area (Å²) in [6.45, 7) is 3.70. The van der Waals surface area contributed by atoms with Gasteiger partial charge in [0.05, 0.1) is 17.8 Å². The Morgan fingerprint density at radius 2 is 1.77 bits per heavy atom. The lowest BCUT2D eigenvalue weighted by molar-refractivity contribution is 0.0622. The Morgan fingerprint density at radius 1 is 1.00 bits per heavy atom. The smallest absolute Gasteiger partial charge is 0.264 e. The van der Waals surface area contributed by atoms with Crippen LogP contribution in [0, 0.1) is 0 Å². The molecule has 1 amide bonds. The molecule has 26 heavy (non-hydrogen) atoms. The molecule has 0 radical (unpaired) electrons. The normalized spacial score (nSPS) is 15.3. The van der Waals surface area contributed by atoms with Crippen LogP contribution in [0.5, 0.6) is 0 Å². The third-order valence-corrected chi connectivity index (χ3v) is 5.32. The molecule has 4 rings (SSSR count). The molecule has 7 heteroatoms. The van der Waals surface area contributed by atoms with Crippen molar-refractivity contribution in [3.05, 3.63) is 70.1 Å². The topological polar surface area (TPSA) is 62.5 Å². The fraction of sp³-hybridized carbons (Fsp3) is 0.316. The summed E-state index contributed by atoms with van der Waals surface area (Å²) in [4.78, 5) is 17.3. The molecule has 0 unspecified atom stereocenters. The number of hydrogen-bond donors (Lipinski definition) is 0. The second-order valence-corrected chi connectivity index (χ2v) is 7.25. The summed E-state index contributed by atoms with van der Waals surface area (Å²) >= 11 is 1.49. The van der Waals surface area contributed by atoms with Gasteiger partial charge in [-0.2, -0.15) is 0 Å². The summed E-state index contributed by atoms with van der Waals surface area (Å²) in [5, 5.41) is 10.2. The highest BCUT2D eigenvalue weighted by Gasteiger charge is 2.23. The summed E-state index contributed by atoms with van der Waals surface area (Å²) in [6.07, 6.45) is 0.650. The van der Waals surface area contributed by atoms with E-state index in [4.69, 9.17) is 4.42 Å². The van der Waals surface area contributed by atoms with Crippen LogP contribution < -0.4 is 0 Å². The van der Waals surface area contributed by atoms with Gasteiger partial charge in [0, 0.05) is 26.2 Å². The molecule has 6 nitrogen and oxygen atoms in total. The maximum atomic E-state index is 12.4. The number of nitrogens with zero attached hydrogens (tertiary/aromatic N) is 4. The third-order valence-electron chi connectivity index (χ3n) is 4.46. The molecule has 1 fully saturated rings. The minimum atomic E-state index is 0.127. The van der Waals surface area contributed by atoms with Gasteiger partial charge in [-0.15, -0.1) is 21.5 Å². The molecule has 2 aromatic heterocycles. The van der Waals surface area contributed by atoms with E-state index in [1.54, 1.807) is 0 Å². The highest BCUT2D eigenvalue weighted by atomic mass is 32.1. The van der Waals surface area contributed by atoms with Crippen molar-refractivity contribution >= 4 is 17.2 Å². The molecular formula is C19H20N4O2S. The van der Waals surface area contributed by atoms with Crippen molar-refractivity contribution in [3.63, 3.8) is 0 Å². The average molecular weight is 368 g/mol. The Labute approximate surface area is 156 Å². The van der Waals surface area contributed by atoms with Crippen LogP contribution in [0.25, 0.3) is 0 Å². The van der Waals surface area contributed by atoms with Crippen LogP contribution in [0.3, 0.4) is 0 Å². The SMILES string of the molecule is O=C(c1cccs1)N1CCN(Cc2nnc(Cc3ccccc3)o2)CC1. The van der Waals surface area contributed by atoms with E-state index < -0.39 is 0 Å². The summed E-state index contributed by atoms with van der Waals surface area (Å²) in [6, 6.07) is 13.9. The van der Waals surface area contributed by atoms with E-state index in [-0.39, 0.29) is 5.91 Å². The van der Waals surface area contributed by atoms with Crippen LogP contribution in [0.15, 0.2) is 52.3 Å². The second kappa shape index (κ2) is 7.80. The van der Waals surface area contributed by atoms with Gasteiger partial charge in [-0.25, -0.2) is 0 Å². The molecule has 3 aromatic rings. The van der Waals surface area contributed by atoms with Gasteiger partial charge in [0.2, 0.25) is 11.8 Å². The first-order chi connectivity index (χ1) is 12.8. The predicted molar refractivity (Wildman–Crippen MR) is 99.0 cm³/mol. The van der Waals surface area contributed by atoms with E-state index >= 15 is 0 Å². The van der Waals surface area contributed by atoms with Crippen LogP contribution in [0.4, 0.5) is 0 Å². The van der Waals surface area contributed by atoms with Crippen molar-refractivity contribution in [3.8, 4) is 0 Å². The summed E-state index contributed by atoms with van der Waals surface area (Å²) in [7, 11) is 0. The average Bonchev–Trinajstić information content (AvgIpc) is 3.35. The molecule has 0 spiro atoms. The Kier molecular flexibility index (Phi) is 5.08. The van der Waals surface area contributed by atoms with E-state index in [1.807, 2.05) is 52.7 Å². The molecular weight excluding hydrogens is 348 g/mol. The maximum Gasteiger partial charge on any atom is 0.264 e. The zero-order valence-corrected chi connectivity index (χ0v) is 15.2. The number of rotatable bonds is 5. The van der Waals surface area contributed by atoms with E-state index in [1.165, 1.54) is 11.3 Å². The van der Waals surface area contributed by atoms with Gasteiger partial charge in [0.15, 0.2) is 0 Å². The first-order valence-corrected chi connectivity index (χ1v) is 9.56. The number of carbonyl (C=O) groups excluding carboxylic acids is 1. The summed E-state index contributed by atoms with van der Waals surface area (Å²) < 4.78 is 5.78. The molecule has 134 valence electrons. The lowest BCUT2D eigenvalue weighted by Gasteiger charge is -2.33. The number of amides is 1. The fourth-order valence-electron chi connectivity index (χ4n) is 3.05. The monoisotopic (exact) mass is 368 g/mol. The number of benzene rings is 1. The zero-order valence-electron chi connectivity index (χ0n) is 14.4. The van der Waals surface area contributed by atoms with Crippen LogP contribution in [0.2, 0.25) is 0 Å². The minimum absolute atomic E-state index is 0.127. The summed E-state index contributed by atoms with van der Waals surface area (Å²) in [5.74, 6) is 1.40. The lowest BCUT2D eigenvalue weighted by atomic mass is 10.2. The standard InChI is InChI=1S/C19H20N4O2S/c24-19(16-7-4-12-26-16)23-10-8-22(9-11-23)14-18-21-20-17(25-18)13-15-5-2-1-3-6-15/h1-7,12H,8-11,13-14H2. The number of hydrogen-bond acceptors (Lipinski definition) is 6.